The fourth-order valence-corrected chi connectivity index (χ4v) is 2.97. The second kappa shape index (κ2) is 7.09. The molecule has 1 saturated carbocycles. The minimum Gasteiger partial charge on any atom is -0.345 e. The molecule has 1 heterocycles. The summed E-state index contributed by atoms with van der Waals surface area (Å²) in [5, 5.41) is 3.18. The van der Waals surface area contributed by atoms with Crippen molar-refractivity contribution in [2.24, 2.45) is 5.92 Å². The summed E-state index contributed by atoms with van der Waals surface area (Å²) in [5.41, 5.74) is 2.61. The van der Waals surface area contributed by atoms with E-state index >= 15 is 0 Å². The van der Waals surface area contributed by atoms with Crippen molar-refractivity contribution in [3.05, 3.63) is 70.0 Å². The highest BCUT2D eigenvalue weighted by Gasteiger charge is 2.33. The lowest BCUT2D eigenvalue weighted by Gasteiger charge is -2.19. The number of nitrogens with zero attached hydrogens (tertiary/aromatic N) is 1. The molecule has 3 nitrogen and oxygen atoms in total. The number of halogens is 1. The van der Waals surface area contributed by atoms with Crippen LogP contribution in [0.4, 0.5) is 0 Å². The smallest absolute Gasteiger partial charge is 0.247 e. The zero-order valence-corrected chi connectivity index (χ0v) is 14.6. The number of pyridine rings is 1. The Morgan fingerprint density at radius 3 is 2.61 bits per heavy atom. The van der Waals surface area contributed by atoms with Crippen molar-refractivity contribution in [3.8, 4) is 0 Å². The van der Waals surface area contributed by atoms with Gasteiger partial charge in [-0.2, -0.15) is 0 Å². The Balaban J connectivity index is 1.74. The first-order valence-corrected chi connectivity index (χ1v) is 8.59. The summed E-state index contributed by atoms with van der Waals surface area (Å²) in [7, 11) is 0. The largest absolute Gasteiger partial charge is 0.345 e. The van der Waals surface area contributed by atoms with Crippen LogP contribution < -0.4 is 5.32 Å². The van der Waals surface area contributed by atoms with Crippen LogP contribution in [0.3, 0.4) is 0 Å². The molecule has 1 aliphatic rings. The van der Waals surface area contributed by atoms with E-state index in [9.17, 15) is 4.79 Å². The molecule has 1 aromatic carbocycles. The van der Waals surface area contributed by atoms with E-state index in [4.69, 9.17) is 0 Å². The number of hydrogen-bond donors (Lipinski definition) is 1. The second-order valence-corrected chi connectivity index (χ2v) is 6.72. The third-order valence-electron chi connectivity index (χ3n) is 4.00. The molecule has 1 fully saturated rings. The van der Waals surface area contributed by atoms with E-state index < -0.39 is 0 Å². The van der Waals surface area contributed by atoms with Gasteiger partial charge >= 0.3 is 0 Å². The molecule has 4 heteroatoms. The van der Waals surface area contributed by atoms with Crippen LogP contribution in [-0.2, 0) is 4.79 Å². The number of aromatic nitrogens is 1. The predicted molar refractivity (Wildman–Crippen MR) is 95.6 cm³/mol. The molecule has 0 bridgehead atoms. The monoisotopic (exact) mass is 370 g/mol. The average Bonchev–Trinajstić information content (AvgIpc) is 3.38. The van der Waals surface area contributed by atoms with Crippen molar-refractivity contribution in [1.29, 1.82) is 0 Å². The number of carbonyl (C=O) groups is 1. The van der Waals surface area contributed by atoms with Crippen molar-refractivity contribution in [3.63, 3.8) is 0 Å². The molecule has 1 N–H and O–H groups in total. The molecule has 0 unspecified atom stereocenters. The van der Waals surface area contributed by atoms with Gasteiger partial charge in [-0.15, -0.1) is 0 Å². The summed E-state index contributed by atoms with van der Waals surface area (Å²) < 4.78 is 0.764. The summed E-state index contributed by atoms with van der Waals surface area (Å²) in [5.74, 6) is 0.519. The summed E-state index contributed by atoms with van der Waals surface area (Å²) in [6.45, 7) is 1.83. The maximum absolute atomic E-state index is 12.5. The highest BCUT2D eigenvalue weighted by atomic mass is 79.9. The lowest BCUT2D eigenvalue weighted by molar-refractivity contribution is -0.118. The summed E-state index contributed by atoms with van der Waals surface area (Å²) in [4.78, 5) is 16.9. The first kappa shape index (κ1) is 15.9. The van der Waals surface area contributed by atoms with Crippen molar-refractivity contribution < 1.29 is 4.79 Å². The SMILES string of the molecule is C/C(=C\c1cccc(Br)n1)C(=O)N[C@H](c1ccccc1)C1CC1. The van der Waals surface area contributed by atoms with Gasteiger partial charge in [0.2, 0.25) is 5.91 Å². The fraction of sp³-hybridized carbons (Fsp3) is 0.263. The first-order chi connectivity index (χ1) is 11.1. The van der Waals surface area contributed by atoms with Crippen LogP contribution in [0, 0.1) is 5.92 Å². The predicted octanol–water partition coefficient (Wildman–Crippen LogP) is 4.51. The zero-order valence-electron chi connectivity index (χ0n) is 13.0. The molecule has 23 heavy (non-hydrogen) atoms. The van der Waals surface area contributed by atoms with E-state index in [1.165, 1.54) is 18.4 Å². The molecule has 1 atom stereocenters. The van der Waals surface area contributed by atoms with Crippen LogP contribution in [0.25, 0.3) is 6.08 Å². The number of benzene rings is 1. The number of rotatable bonds is 5. The van der Waals surface area contributed by atoms with Gasteiger partial charge in [-0.1, -0.05) is 36.4 Å². The Morgan fingerprint density at radius 2 is 1.96 bits per heavy atom. The van der Waals surface area contributed by atoms with Crippen LogP contribution in [0.1, 0.15) is 37.1 Å². The normalized spacial score (nSPS) is 16.0. The van der Waals surface area contributed by atoms with Crippen molar-refractivity contribution >= 4 is 27.9 Å². The first-order valence-electron chi connectivity index (χ1n) is 7.80. The van der Waals surface area contributed by atoms with E-state index in [-0.39, 0.29) is 11.9 Å². The van der Waals surface area contributed by atoms with Crippen LogP contribution in [0.15, 0.2) is 58.7 Å². The van der Waals surface area contributed by atoms with Gasteiger partial charge in [0.1, 0.15) is 4.60 Å². The van der Waals surface area contributed by atoms with Crippen LogP contribution in [0.5, 0.6) is 0 Å². The molecule has 3 rings (SSSR count). The Hall–Kier alpha value is -1.94. The van der Waals surface area contributed by atoms with Gasteiger partial charge in [0, 0.05) is 5.57 Å². The van der Waals surface area contributed by atoms with E-state index in [1.807, 2.05) is 49.4 Å². The quantitative estimate of drug-likeness (QED) is 0.621. The summed E-state index contributed by atoms with van der Waals surface area (Å²) >= 11 is 3.35. The molecule has 0 aliphatic heterocycles. The number of carbonyl (C=O) groups excluding carboxylic acids is 1. The van der Waals surface area contributed by atoms with Gasteiger partial charge in [0.15, 0.2) is 0 Å². The maximum atomic E-state index is 12.5. The van der Waals surface area contributed by atoms with E-state index in [0.717, 1.165) is 10.3 Å². The average molecular weight is 371 g/mol. The minimum atomic E-state index is -0.0347. The third-order valence-corrected chi connectivity index (χ3v) is 4.44. The summed E-state index contributed by atoms with van der Waals surface area (Å²) in [6, 6.07) is 16.0. The van der Waals surface area contributed by atoms with Gasteiger partial charge in [0.25, 0.3) is 0 Å². The van der Waals surface area contributed by atoms with E-state index in [0.29, 0.717) is 11.5 Å². The molecule has 0 radical (unpaired) electrons. The Bertz CT molecular complexity index is 723. The van der Waals surface area contributed by atoms with Gasteiger partial charge in [-0.05, 0) is 65.4 Å². The number of nitrogens with one attached hydrogen (secondary N) is 1. The second-order valence-electron chi connectivity index (χ2n) is 5.91. The molecule has 1 amide bonds. The summed E-state index contributed by atoms with van der Waals surface area (Å²) in [6.07, 6.45) is 4.17. The Kier molecular flexibility index (Phi) is 4.91. The molecule has 1 aromatic heterocycles. The lowest BCUT2D eigenvalue weighted by atomic mass is 10.0. The van der Waals surface area contributed by atoms with Gasteiger partial charge in [-0.3, -0.25) is 4.79 Å². The number of amides is 1. The van der Waals surface area contributed by atoms with E-state index in [1.54, 1.807) is 0 Å². The van der Waals surface area contributed by atoms with Gasteiger partial charge in [0.05, 0.1) is 11.7 Å². The van der Waals surface area contributed by atoms with Crippen LogP contribution in [-0.4, -0.2) is 10.9 Å². The highest BCUT2D eigenvalue weighted by molar-refractivity contribution is 9.10. The zero-order chi connectivity index (χ0) is 16.2. The number of hydrogen-bond acceptors (Lipinski definition) is 2. The molecule has 118 valence electrons. The molecule has 0 saturated heterocycles. The van der Waals surface area contributed by atoms with Crippen molar-refractivity contribution in [2.75, 3.05) is 0 Å². The maximum Gasteiger partial charge on any atom is 0.247 e. The van der Waals surface area contributed by atoms with Crippen LogP contribution >= 0.6 is 15.9 Å². The van der Waals surface area contributed by atoms with E-state index in [2.05, 4.69) is 38.4 Å². The van der Waals surface area contributed by atoms with Crippen LogP contribution in [0.2, 0.25) is 0 Å². The molecule has 0 spiro atoms. The van der Waals surface area contributed by atoms with Crippen molar-refractivity contribution in [1.82, 2.24) is 10.3 Å². The molecule has 1 aliphatic carbocycles. The highest BCUT2D eigenvalue weighted by Crippen LogP contribution is 2.41. The topological polar surface area (TPSA) is 42.0 Å². The lowest BCUT2D eigenvalue weighted by Crippen LogP contribution is -2.30. The molecular weight excluding hydrogens is 352 g/mol. The molecular formula is C19H19BrN2O. The fourth-order valence-electron chi connectivity index (χ4n) is 2.61. The minimum absolute atomic E-state index is 0.0347. The Labute approximate surface area is 145 Å². The van der Waals surface area contributed by atoms with Gasteiger partial charge in [-0.25, -0.2) is 4.98 Å². The molecule has 2 aromatic rings. The van der Waals surface area contributed by atoms with Gasteiger partial charge < -0.3 is 5.32 Å². The Morgan fingerprint density at radius 1 is 1.22 bits per heavy atom. The van der Waals surface area contributed by atoms with Crippen molar-refractivity contribution in [2.45, 2.75) is 25.8 Å². The third kappa shape index (κ3) is 4.29. The standard InChI is InChI=1S/C19H19BrN2O/c1-13(12-16-8-5-9-17(20)21-16)19(23)22-18(15-10-11-15)14-6-3-2-4-7-14/h2-9,12,15,18H,10-11H2,1H3,(H,22,23)/b13-12+/t18-/m1/s1.